The Bertz CT molecular complexity index is 835. The van der Waals surface area contributed by atoms with Crippen LogP contribution >= 0.6 is 0 Å². The predicted octanol–water partition coefficient (Wildman–Crippen LogP) is 3.23. The largest absolute Gasteiger partial charge is 0.493 e. The molecular formula is C21H24N2O4. The lowest BCUT2D eigenvalue weighted by Crippen LogP contribution is -2.34. The highest BCUT2D eigenvalue weighted by Crippen LogP contribution is 2.32. The van der Waals surface area contributed by atoms with E-state index in [0.29, 0.717) is 30.3 Å². The zero-order valence-electron chi connectivity index (χ0n) is 15.6. The third-order valence-electron chi connectivity index (χ3n) is 4.47. The van der Waals surface area contributed by atoms with Crippen molar-refractivity contribution in [2.24, 2.45) is 0 Å². The number of para-hydroxylation sites is 1. The molecule has 2 aromatic rings. The van der Waals surface area contributed by atoms with Crippen molar-refractivity contribution in [2.45, 2.75) is 32.2 Å². The maximum atomic E-state index is 12.7. The van der Waals surface area contributed by atoms with Gasteiger partial charge < -0.3 is 20.1 Å². The lowest BCUT2D eigenvalue weighted by atomic mass is 9.90. The molecule has 6 heteroatoms. The Hall–Kier alpha value is -3.02. The number of benzene rings is 2. The molecule has 1 aliphatic rings. The summed E-state index contributed by atoms with van der Waals surface area (Å²) < 4.78 is 11.0. The number of methoxy groups -OCH3 is 1. The molecule has 0 aliphatic carbocycles. The van der Waals surface area contributed by atoms with Crippen LogP contribution in [0.15, 0.2) is 42.5 Å². The van der Waals surface area contributed by atoms with Crippen LogP contribution in [0.25, 0.3) is 0 Å². The summed E-state index contributed by atoms with van der Waals surface area (Å²) in [5, 5.41) is 5.74. The Kier molecular flexibility index (Phi) is 5.96. The first-order valence-corrected chi connectivity index (χ1v) is 9.08. The van der Waals surface area contributed by atoms with Crippen LogP contribution in [0.2, 0.25) is 0 Å². The summed E-state index contributed by atoms with van der Waals surface area (Å²) in [5.74, 6) is 0.532. The molecule has 2 amide bonds. The highest BCUT2D eigenvalue weighted by molar-refractivity contribution is 6.01. The molecule has 0 spiro atoms. The molecule has 27 heavy (non-hydrogen) atoms. The Balaban J connectivity index is 1.68. The Morgan fingerprint density at radius 3 is 2.81 bits per heavy atom. The van der Waals surface area contributed by atoms with Crippen LogP contribution in [0.5, 0.6) is 11.5 Å². The summed E-state index contributed by atoms with van der Waals surface area (Å²) in [6, 6.07) is 13.0. The number of rotatable bonds is 7. The first-order chi connectivity index (χ1) is 13.1. The van der Waals surface area contributed by atoms with Gasteiger partial charge in [-0.25, -0.2) is 0 Å². The Morgan fingerprint density at radius 2 is 2.04 bits per heavy atom. The number of carbonyl (C=O) groups excluding carboxylic acids is 2. The first kappa shape index (κ1) is 18.8. The predicted molar refractivity (Wildman–Crippen MR) is 103 cm³/mol. The van der Waals surface area contributed by atoms with Crippen molar-refractivity contribution in [3.8, 4) is 11.5 Å². The topological polar surface area (TPSA) is 76.7 Å². The standard InChI is InChI=1S/C21H24N2O4/c1-3-10-27-18-9-8-14(11-19(18)26-2)13-22-21(25)16-12-20(24)23-17-7-5-4-6-15(16)17/h4-9,11,16H,3,10,12-13H2,1-2H3,(H,22,25)(H,23,24). The highest BCUT2D eigenvalue weighted by atomic mass is 16.5. The van der Waals surface area contributed by atoms with Crippen molar-refractivity contribution in [2.75, 3.05) is 19.0 Å². The van der Waals surface area contributed by atoms with E-state index in [1.165, 1.54) is 0 Å². The summed E-state index contributed by atoms with van der Waals surface area (Å²) in [7, 11) is 1.59. The van der Waals surface area contributed by atoms with Gasteiger partial charge in [-0.15, -0.1) is 0 Å². The van der Waals surface area contributed by atoms with E-state index in [9.17, 15) is 9.59 Å². The van der Waals surface area contributed by atoms with Gasteiger partial charge in [-0.3, -0.25) is 9.59 Å². The van der Waals surface area contributed by atoms with Gasteiger partial charge in [0.15, 0.2) is 11.5 Å². The monoisotopic (exact) mass is 368 g/mol. The van der Waals surface area contributed by atoms with E-state index in [1.54, 1.807) is 7.11 Å². The smallest absolute Gasteiger partial charge is 0.228 e. The van der Waals surface area contributed by atoms with Crippen molar-refractivity contribution in [1.29, 1.82) is 0 Å². The molecule has 0 radical (unpaired) electrons. The Morgan fingerprint density at radius 1 is 1.22 bits per heavy atom. The van der Waals surface area contributed by atoms with E-state index < -0.39 is 5.92 Å². The van der Waals surface area contributed by atoms with Crippen molar-refractivity contribution in [1.82, 2.24) is 5.32 Å². The lowest BCUT2D eigenvalue weighted by molar-refractivity contribution is -0.126. The van der Waals surface area contributed by atoms with E-state index in [1.807, 2.05) is 49.4 Å². The molecule has 6 nitrogen and oxygen atoms in total. The SMILES string of the molecule is CCCOc1ccc(CNC(=O)C2CC(=O)Nc3ccccc32)cc1OC. The van der Waals surface area contributed by atoms with E-state index >= 15 is 0 Å². The lowest BCUT2D eigenvalue weighted by Gasteiger charge is -2.24. The van der Waals surface area contributed by atoms with E-state index in [4.69, 9.17) is 9.47 Å². The maximum absolute atomic E-state index is 12.7. The fourth-order valence-electron chi connectivity index (χ4n) is 3.11. The van der Waals surface area contributed by atoms with Crippen LogP contribution in [0.4, 0.5) is 5.69 Å². The minimum atomic E-state index is -0.482. The van der Waals surface area contributed by atoms with Crippen LogP contribution in [-0.4, -0.2) is 25.5 Å². The van der Waals surface area contributed by atoms with Gasteiger partial charge in [-0.2, -0.15) is 0 Å². The van der Waals surface area contributed by atoms with Gasteiger partial charge in [0.25, 0.3) is 0 Å². The average Bonchev–Trinajstić information content (AvgIpc) is 2.69. The second kappa shape index (κ2) is 8.58. The molecule has 0 saturated carbocycles. The number of hydrogen-bond acceptors (Lipinski definition) is 4. The molecule has 1 aliphatic heterocycles. The third-order valence-corrected chi connectivity index (χ3v) is 4.47. The zero-order valence-corrected chi connectivity index (χ0v) is 15.6. The second-order valence-electron chi connectivity index (χ2n) is 6.44. The van der Waals surface area contributed by atoms with E-state index in [0.717, 1.165) is 17.5 Å². The molecule has 0 saturated heterocycles. The third kappa shape index (κ3) is 4.39. The molecule has 0 bridgehead atoms. The molecule has 1 atom stereocenters. The molecule has 2 aromatic carbocycles. The van der Waals surface area contributed by atoms with Crippen LogP contribution < -0.4 is 20.1 Å². The van der Waals surface area contributed by atoms with Gasteiger partial charge >= 0.3 is 0 Å². The fourth-order valence-corrected chi connectivity index (χ4v) is 3.11. The van der Waals surface area contributed by atoms with Crippen LogP contribution in [0, 0.1) is 0 Å². The molecule has 0 aromatic heterocycles. The van der Waals surface area contributed by atoms with Crippen LogP contribution in [0.3, 0.4) is 0 Å². The first-order valence-electron chi connectivity index (χ1n) is 9.08. The second-order valence-corrected chi connectivity index (χ2v) is 6.44. The number of nitrogens with one attached hydrogen (secondary N) is 2. The van der Waals surface area contributed by atoms with Gasteiger partial charge in [0.05, 0.1) is 19.6 Å². The van der Waals surface area contributed by atoms with Gasteiger partial charge in [0.1, 0.15) is 0 Å². The fraction of sp³-hybridized carbons (Fsp3) is 0.333. The quantitative estimate of drug-likeness (QED) is 0.787. The minimum absolute atomic E-state index is 0.145. The van der Waals surface area contributed by atoms with Crippen molar-refractivity contribution in [3.63, 3.8) is 0 Å². The molecule has 142 valence electrons. The van der Waals surface area contributed by atoms with E-state index in [2.05, 4.69) is 10.6 Å². The average molecular weight is 368 g/mol. The summed E-state index contributed by atoms with van der Waals surface area (Å²) in [5.41, 5.74) is 2.45. The normalized spacial score (nSPS) is 15.5. The minimum Gasteiger partial charge on any atom is -0.493 e. The maximum Gasteiger partial charge on any atom is 0.228 e. The molecule has 2 N–H and O–H groups in total. The highest BCUT2D eigenvalue weighted by Gasteiger charge is 2.30. The Labute approximate surface area is 158 Å². The van der Waals surface area contributed by atoms with Crippen molar-refractivity contribution >= 4 is 17.5 Å². The number of carbonyl (C=O) groups is 2. The summed E-state index contributed by atoms with van der Waals surface area (Å²) in [4.78, 5) is 24.6. The summed E-state index contributed by atoms with van der Waals surface area (Å²) >= 11 is 0. The van der Waals surface area contributed by atoms with E-state index in [-0.39, 0.29) is 18.2 Å². The van der Waals surface area contributed by atoms with Gasteiger partial charge in [0, 0.05) is 18.7 Å². The number of anilines is 1. The molecule has 1 heterocycles. The number of hydrogen-bond donors (Lipinski definition) is 2. The number of amides is 2. The van der Waals surface area contributed by atoms with Crippen LogP contribution in [-0.2, 0) is 16.1 Å². The van der Waals surface area contributed by atoms with Crippen molar-refractivity contribution in [3.05, 3.63) is 53.6 Å². The van der Waals surface area contributed by atoms with Gasteiger partial charge in [-0.1, -0.05) is 31.2 Å². The van der Waals surface area contributed by atoms with Gasteiger partial charge in [-0.05, 0) is 35.7 Å². The zero-order chi connectivity index (χ0) is 19.2. The van der Waals surface area contributed by atoms with Crippen molar-refractivity contribution < 1.29 is 19.1 Å². The summed E-state index contributed by atoms with van der Waals surface area (Å²) in [6.07, 6.45) is 1.06. The molecule has 3 rings (SSSR count). The van der Waals surface area contributed by atoms with Crippen LogP contribution in [0.1, 0.15) is 36.8 Å². The number of ether oxygens (including phenoxy) is 2. The van der Waals surface area contributed by atoms with Gasteiger partial charge in [0.2, 0.25) is 11.8 Å². The summed E-state index contributed by atoms with van der Waals surface area (Å²) in [6.45, 7) is 3.01. The molecular weight excluding hydrogens is 344 g/mol. The molecule has 0 fully saturated rings. The molecule has 1 unspecified atom stereocenters. The number of fused-ring (bicyclic) bond motifs is 1.